The fraction of sp³-hybridized carbons (Fsp3) is 0.143. The quantitative estimate of drug-likeness (QED) is 0.739. The molecule has 0 unspecified atom stereocenters. The summed E-state index contributed by atoms with van der Waals surface area (Å²) in [5.41, 5.74) is 2.04. The van der Waals surface area contributed by atoms with Crippen molar-refractivity contribution in [1.82, 2.24) is 0 Å². The number of aryl methyl sites for hydroxylation is 1. The largest absolute Gasteiger partial charge is 0.487 e. The molecule has 0 fully saturated rings. The van der Waals surface area contributed by atoms with E-state index in [0.717, 1.165) is 11.1 Å². The molecule has 0 radical (unpaired) electrons. The maximum absolute atomic E-state index is 12.8. The molecule has 5 nitrogen and oxygen atoms in total. The van der Waals surface area contributed by atoms with Crippen LogP contribution in [-0.2, 0) is 0 Å². The highest BCUT2D eigenvalue weighted by Gasteiger charge is 2.15. The second-order valence-corrected chi connectivity index (χ2v) is 5.82. The lowest BCUT2D eigenvalue weighted by Gasteiger charge is -2.08. The molecule has 132 valence electrons. The highest BCUT2D eigenvalue weighted by atomic mass is 16.5. The highest BCUT2D eigenvalue weighted by Crippen LogP contribution is 2.24. The van der Waals surface area contributed by atoms with E-state index in [2.05, 4.69) is 0 Å². The van der Waals surface area contributed by atoms with Crippen molar-refractivity contribution in [1.29, 1.82) is 0 Å². The van der Waals surface area contributed by atoms with E-state index in [1.807, 2.05) is 37.3 Å². The Bertz CT molecular complexity index is 1060. The summed E-state index contributed by atoms with van der Waals surface area (Å²) >= 11 is 0. The van der Waals surface area contributed by atoms with Gasteiger partial charge in [-0.25, -0.2) is 4.79 Å². The van der Waals surface area contributed by atoms with Crippen LogP contribution in [0.5, 0.6) is 5.75 Å². The highest BCUT2D eigenvalue weighted by molar-refractivity contribution is 5.93. The molecular weight excluding hydrogens is 332 g/mol. The Labute approximate surface area is 150 Å². The van der Waals surface area contributed by atoms with Crippen LogP contribution in [0.25, 0.3) is 23.1 Å². The average Bonchev–Trinajstić information content (AvgIpc) is 2.62. The first-order valence-corrected chi connectivity index (χ1v) is 8.21. The zero-order chi connectivity index (χ0) is 18.7. The van der Waals surface area contributed by atoms with Crippen LogP contribution in [0.1, 0.15) is 34.2 Å². The second-order valence-electron chi connectivity index (χ2n) is 5.82. The minimum absolute atomic E-state index is 0.0234. The lowest BCUT2D eigenvalue weighted by molar-refractivity contribution is 0.0697. The molecule has 0 aliphatic heterocycles. The zero-order valence-electron chi connectivity index (χ0n) is 14.5. The zero-order valence-corrected chi connectivity index (χ0v) is 14.5. The average molecular weight is 350 g/mol. The van der Waals surface area contributed by atoms with Crippen LogP contribution in [0.3, 0.4) is 0 Å². The van der Waals surface area contributed by atoms with Crippen molar-refractivity contribution in [2.45, 2.75) is 13.8 Å². The molecule has 0 bridgehead atoms. The number of carboxylic acid groups (broad SMARTS) is 1. The molecule has 0 spiro atoms. The van der Waals surface area contributed by atoms with Gasteiger partial charge < -0.3 is 14.3 Å². The molecule has 0 atom stereocenters. The minimum Gasteiger partial charge on any atom is -0.487 e. The number of fused-ring (bicyclic) bond motifs is 1. The van der Waals surface area contributed by atoms with Crippen molar-refractivity contribution in [3.8, 4) is 5.75 Å². The molecule has 0 saturated carbocycles. The van der Waals surface area contributed by atoms with Crippen molar-refractivity contribution < 1.29 is 19.1 Å². The number of rotatable bonds is 5. The Morgan fingerprint density at radius 1 is 1.19 bits per heavy atom. The molecular formula is C21H18O5. The molecule has 2 aromatic carbocycles. The number of carboxylic acids is 1. The Morgan fingerprint density at radius 2 is 2.00 bits per heavy atom. The molecule has 1 aromatic heterocycles. The normalized spacial score (nSPS) is 11.2. The summed E-state index contributed by atoms with van der Waals surface area (Å²) in [5, 5.41) is 9.30. The van der Waals surface area contributed by atoms with Gasteiger partial charge in [-0.3, -0.25) is 4.79 Å². The minimum atomic E-state index is -1.10. The van der Waals surface area contributed by atoms with Crippen LogP contribution >= 0.6 is 0 Å². The van der Waals surface area contributed by atoms with Gasteiger partial charge in [-0.05, 0) is 43.7 Å². The van der Waals surface area contributed by atoms with Crippen LogP contribution in [-0.4, -0.2) is 17.7 Å². The lowest BCUT2D eigenvalue weighted by atomic mass is 10.1. The van der Waals surface area contributed by atoms with Gasteiger partial charge in [-0.2, -0.15) is 0 Å². The molecule has 3 aromatic rings. The predicted octanol–water partition coefficient (Wildman–Crippen LogP) is 4.37. The van der Waals surface area contributed by atoms with Crippen LogP contribution in [0.4, 0.5) is 0 Å². The predicted molar refractivity (Wildman–Crippen MR) is 101 cm³/mol. The lowest BCUT2D eigenvalue weighted by Crippen LogP contribution is -2.10. The summed E-state index contributed by atoms with van der Waals surface area (Å²) < 4.78 is 11.3. The van der Waals surface area contributed by atoms with E-state index < -0.39 is 5.97 Å². The van der Waals surface area contributed by atoms with Crippen molar-refractivity contribution in [2.75, 3.05) is 6.61 Å². The summed E-state index contributed by atoms with van der Waals surface area (Å²) in [7, 11) is 0. The first kappa shape index (κ1) is 17.5. The van der Waals surface area contributed by atoms with E-state index in [1.54, 1.807) is 13.0 Å². The third-order valence-corrected chi connectivity index (χ3v) is 3.88. The Kier molecular flexibility index (Phi) is 4.89. The van der Waals surface area contributed by atoms with Gasteiger partial charge in [0.2, 0.25) is 11.2 Å². The van der Waals surface area contributed by atoms with Crippen LogP contribution < -0.4 is 10.2 Å². The molecule has 0 aliphatic carbocycles. The summed E-state index contributed by atoms with van der Waals surface area (Å²) in [5.74, 6) is -0.729. The molecule has 0 amide bonds. The van der Waals surface area contributed by atoms with E-state index in [1.165, 1.54) is 18.2 Å². The molecule has 1 heterocycles. The monoisotopic (exact) mass is 350 g/mol. The van der Waals surface area contributed by atoms with Gasteiger partial charge in [0.15, 0.2) is 5.76 Å². The fourth-order valence-corrected chi connectivity index (χ4v) is 2.66. The van der Waals surface area contributed by atoms with Crippen molar-refractivity contribution in [2.24, 2.45) is 0 Å². The maximum Gasteiger partial charge on any atom is 0.335 e. The number of aromatic carboxylic acids is 1. The van der Waals surface area contributed by atoms with Gasteiger partial charge >= 0.3 is 5.97 Å². The molecule has 0 aliphatic rings. The number of hydrogen-bond acceptors (Lipinski definition) is 4. The number of hydrogen-bond donors (Lipinski definition) is 1. The number of ether oxygens (including phenoxy) is 1. The molecule has 3 rings (SSSR count). The van der Waals surface area contributed by atoms with Gasteiger partial charge in [-0.1, -0.05) is 35.9 Å². The Morgan fingerprint density at radius 3 is 2.69 bits per heavy atom. The smallest absolute Gasteiger partial charge is 0.335 e. The first-order valence-electron chi connectivity index (χ1n) is 8.21. The van der Waals surface area contributed by atoms with Gasteiger partial charge in [0.25, 0.3) is 0 Å². The third kappa shape index (κ3) is 3.52. The Balaban J connectivity index is 2.15. The van der Waals surface area contributed by atoms with Crippen LogP contribution in [0.15, 0.2) is 51.7 Å². The van der Waals surface area contributed by atoms with Gasteiger partial charge in [0, 0.05) is 0 Å². The van der Waals surface area contributed by atoms with E-state index in [9.17, 15) is 9.59 Å². The fourth-order valence-electron chi connectivity index (χ4n) is 2.66. The van der Waals surface area contributed by atoms with E-state index in [0.29, 0.717) is 18.0 Å². The topological polar surface area (TPSA) is 76.7 Å². The SMILES string of the molecule is CCOc1c(C=Cc2cccc(C)c2)oc2ccc(C(=O)O)cc2c1=O. The molecule has 0 saturated heterocycles. The van der Waals surface area contributed by atoms with Crippen LogP contribution in [0, 0.1) is 6.92 Å². The number of carbonyl (C=O) groups is 1. The van der Waals surface area contributed by atoms with Crippen molar-refractivity contribution in [3.05, 3.63) is 75.1 Å². The molecule has 1 N–H and O–H groups in total. The summed E-state index contributed by atoms with van der Waals surface area (Å²) in [6.07, 6.45) is 3.52. The van der Waals surface area contributed by atoms with Crippen molar-refractivity contribution in [3.63, 3.8) is 0 Å². The molecule has 5 heteroatoms. The summed E-state index contributed by atoms with van der Waals surface area (Å²) in [6, 6.07) is 12.1. The second kappa shape index (κ2) is 7.27. The van der Waals surface area contributed by atoms with Crippen molar-refractivity contribution >= 4 is 29.1 Å². The van der Waals surface area contributed by atoms with Crippen LogP contribution in [0.2, 0.25) is 0 Å². The van der Waals surface area contributed by atoms with E-state index >= 15 is 0 Å². The molecule has 26 heavy (non-hydrogen) atoms. The Hall–Kier alpha value is -3.34. The number of benzene rings is 2. The third-order valence-electron chi connectivity index (χ3n) is 3.88. The summed E-state index contributed by atoms with van der Waals surface area (Å²) in [4.78, 5) is 23.9. The standard InChI is InChI=1S/C21H18O5/c1-3-25-20-18(9-7-14-6-4-5-13(2)11-14)26-17-10-8-15(21(23)24)12-16(17)19(20)22/h4-12H,3H2,1-2H3,(H,23,24). The van der Waals surface area contributed by atoms with Gasteiger partial charge in [0.05, 0.1) is 17.6 Å². The first-order chi connectivity index (χ1) is 12.5. The maximum atomic E-state index is 12.8. The summed E-state index contributed by atoms with van der Waals surface area (Å²) in [6.45, 7) is 4.06. The van der Waals surface area contributed by atoms with E-state index in [4.69, 9.17) is 14.3 Å². The van der Waals surface area contributed by atoms with Gasteiger partial charge in [-0.15, -0.1) is 0 Å². The van der Waals surface area contributed by atoms with E-state index in [-0.39, 0.29) is 22.1 Å². The van der Waals surface area contributed by atoms with Gasteiger partial charge in [0.1, 0.15) is 5.58 Å².